The molecule has 1 atom stereocenters. The molecule has 1 unspecified atom stereocenters. The van der Waals surface area contributed by atoms with Gasteiger partial charge in [0, 0.05) is 30.4 Å². The van der Waals surface area contributed by atoms with Crippen LogP contribution in [0.2, 0.25) is 0 Å². The third-order valence-corrected chi connectivity index (χ3v) is 4.24. The van der Waals surface area contributed by atoms with Gasteiger partial charge in [0.05, 0.1) is 13.2 Å². The summed E-state index contributed by atoms with van der Waals surface area (Å²) in [7, 11) is 0. The molecular formula is C20H24N2O3. The van der Waals surface area contributed by atoms with E-state index < -0.39 is 0 Å². The molecule has 1 amide bonds. The van der Waals surface area contributed by atoms with Crippen LogP contribution in [0.15, 0.2) is 48.5 Å². The summed E-state index contributed by atoms with van der Waals surface area (Å²) in [4.78, 5) is 18.9. The molecule has 0 spiro atoms. The molecule has 0 bridgehead atoms. The van der Waals surface area contributed by atoms with E-state index in [0.717, 1.165) is 17.8 Å². The minimum absolute atomic E-state index is 0.00319. The minimum Gasteiger partial charge on any atom is -0.484 e. The predicted octanol–water partition coefficient (Wildman–Crippen LogP) is 2.49. The van der Waals surface area contributed by atoms with E-state index in [1.165, 1.54) is 0 Å². The van der Waals surface area contributed by atoms with Crippen molar-refractivity contribution in [2.45, 2.75) is 13.3 Å². The second-order valence-corrected chi connectivity index (χ2v) is 6.36. The summed E-state index contributed by atoms with van der Waals surface area (Å²) in [6.45, 7) is 4.54. The Hall–Kier alpha value is -2.40. The lowest BCUT2D eigenvalue weighted by Crippen LogP contribution is -2.39. The van der Waals surface area contributed by atoms with Gasteiger partial charge in [-0.05, 0) is 37.6 Å². The lowest BCUT2D eigenvalue weighted by Gasteiger charge is -2.23. The van der Waals surface area contributed by atoms with Crippen LogP contribution in [0.3, 0.4) is 0 Å². The monoisotopic (exact) mass is 340 g/mol. The summed E-state index contributed by atoms with van der Waals surface area (Å²) in [5.74, 6) is 0.955. The van der Waals surface area contributed by atoms with E-state index in [1.54, 1.807) is 0 Å². The molecule has 0 radical (unpaired) electrons. The van der Waals surface area contributed by atoms with Gasteiger partial charge in [-0.15, -0.1) is 0 Å². The number of para-hydroxylation sites is 1. The number of carbonyl (C=O) groups is 1. The smallest absolute Gasteiger partial charge is 0.260 e. The summed E-state index contributed by atoms with van der Waals surface area (Å²) in [5, 5.41) is 0. The van der Waals surface area contributed by atoms with Gasteiger partial charge in [0.25, 0.3) is 5.91 Å². The van der Waals surface area contributed by atoms with E-state index in [0.29, 0.717) is 32.1 Å². The summed E-state index contributed by atoms with van der Waals surface area (Å²) in [6.07, 6.45) is 0.811. The fourth-order valence-electron chi connectivity index (χ4n) is 2.99. The molecule has 1 aliphatic heterocycles. The van der Waals surface area contributed by atoms with Gasteiger partial charge >= 0.3 is 0 Å². The Balaban J connectivity index is 1.56. The maximum atomic E-state index is 12.5. The molecule has 5 nitrogen and oxygen atoms in total. The lowest BCUT2D eigenvalue weighted by molar-refractivity contribution is -0.133. The first-order valence-corrected chi connectivity index (χ1v) is 8.66. The van der Waals surface area contributed by atoms with E-state index in [9.17, 15) is 4.79 Å². The van der Waals surface area contributed by atoms with Crippen molar-refractivity contribution < 1.29 is 14.3 Å². The molecule has 5 heteroatoms. The Morgan fingerprint density at radius 3 is 2.88 bits per heavy atom. The van der Waals surface area contributed by atoms with Gasteiger partial charge in [-0.2, -0.15) is 0 Å². The lowest BCUT2D eigenvalue weighted by atomic mass is 10.0. The normalized spacial score (nSPS) is 17.8. The third-order valence-electron chi connectivity index (χ3n) is 4.24. The number of amides is 1. The molecule has 132 valence electrons. The highest BCUT2D eigenvalue weighted by atomic mass is 16.5. The van der Waals surface area contributed by atoms with Crippen LogP contribution in [0.4, 0.5) is 0 Å². The number of aromatic nitrogens is 1. The van der Waals surface area contributed by atoms with Gasteiger partial charge < -0.3 is 14.4 Å². The number of ether oxygens (including phenoxy) is 2. The van der Waals surface area contributed by atoms with Crippen molar-refractivity contribution >= 4 is 5.91 Å². The molecule has 1 aromatic heterocycles. The van der Waals surface area contributed by atoms with E-state index in [4.69, 9.17) is 9.47 Å². The van der Waals surface area contributed by atoms with Crippen molar-refractivity contribution in [2.24, 2.45) is 5.92 Å². The Morgan fingerprint density at radius 2 is 2.08 bits per heavy atom. The van der Waals surface area contributed by atoms with Crippen LogP contribution < -0.4 is 4.74 Å². The Bertz CT molecular complexity index is 690. The highest BCUT2D eigenvalue weighted by Crippen LogP contribution is 2.14. The standard InChI is InChI=1S/C20H24N2O3/c1-16-6-5-7-18(21-16)12-17-13-22(10-11-24-14-17)20(23)15-25-19-8-3-2-4-9-19/h2-9,17H,10-15H2,1H3. The number of hydrogen-bond donors (Lipinski definition) is 0. The second kappa shape index (κ2) is 8.62. The maximum absolute atomic E-state index is 12.5. The van der Waals surface area contributed by atoms with Crippen molar-refractivity contribution in [1.82, 2.24) is 9.88 Å². The summed E-state index contributed by atoms with van der Waals surface area (Å²) in [6, 6.07) is 15.5. The highest BCUT2D eigenvalue weighted by Gasteiger charge is 2.23. The summed E-state index contributed by atoms with van der Waals surface area (Å²) < 4.78 is 11.3. The fourth-order valence-corrected chi connectivity index (χ4v) is 2.99. The average molecular weight is 340 g/mol. The number of nitrogens with zero attached hydrogens (tertiary/aromatic N) is 2. The van der Waals surface area contributed by atoms with Gasteiger partial charge in [0.1, 0.15) is 5.75 Å². The number of carbonyl (C=O) groups excluding carboxylic acids is 1. The van der Waals surface area contributed by atoms with Crippen LogP contribution >= 0.6 is 0 Å². The molecule has 1 aromatic carbocycles. The van der Waals surface area contributed by atoms with Gasteiger partial charge in [-0.1, -0.05) is 24.3 Å². The van der Waals surface area contributed by atoms with E-state index in [-0.39, 0.29) is 18.4 Å². The Kier molecular flexibility index (Phi) is 6.01. The van der Waals surface area contributed by atoms with E-state index in [1.807, 2.05) is 60.4 Å². The molecule has 1 saturated heterocycles. The Labute approximate surface area is 148 Å². The zero-order chi connectivity index (χ0) is 17.5. The average Bonchev–Trinajstić information content (AvgIpc) is 2.86. The quantitative estimate of drug-likeness (QED) is 0.839. The predicted molar refractivity (Wildman–Crippen MR) is 95.5 cm³/mol. The first-order chi connectivity index (χ1) is 12.2. The molecule has 0 aliphatic carbocycles. The summed E-state index contributed by atoms with van der Waals surface area (Å²) >= 11 is 0. The SMILES string of the molecule is Cc1cccc(CC2COCCN(C(=O)COc3ccccc3)C2)n1. The van der Waals surface area contributed by atoms with Crippen LogP contribution in [-0.2, 0) is 16.0 Å². The van der Waals surface area contributed by atoms with Crippen molar-refractivity contribution in [3.63, 3.8) is 0 Å². The molecule has 0 saturated carbocycles. The zero-order valence-corrected chi connectivity index (χ0v) is 14.6. The van der Waals surface area contributed by atoms with Crippen LogP contribution in [-0.4, -0.2) is 48.7 Å². The van der Waals surface area contributed by atoms with Crippen LogP contribution in [0.5, 0.6) is 5.75 Å². The number of aryl methyl sites for hydroxylation is 1. The molecule has 25 heavy (non-hydrogen) atoms. The van der Waals surface area contributed by atoms with E-state index in [2.05, 4.69) is 4.98 Å². The molecule has 1 fully saturated rings. The molecular weight excluding hydrogens is 316 g/mol. The molecule has 1 aliphatic rings. The summed E-state index contributed by atoms with van der Waals surface area (Å²) in [5.41, 5.74) is 2.06. The number of benzene rings is 1. The highest BCUT2D eigenvalue weighted by molar-refractivity contribution is 5.77. The van der Waals surface area contributed by atoms with Crippen molar-refractivity contribution in [3.8, 4) is 5.75 Å². The van der Waals surface area contributed by atoms with Crippen molar-refractivity contribution in [2.75, 3.05) is 32.9 Å². The van der Waals surface area contributed by atoms with Gasteiger partial charge in [-0.25, -0.2) is 0 Å². The van der Waals surface area contributed by atoms with Gasteiger partial charge in [0.15, 0.2) is 6.61 Å². The number of hydrogen-bond acceptors (Lipinski definition) is 4. The van der Waals surface area contributed by atoms with Crippen LogP contribution in [0, 0.1) is 12.8 Å². The third kappa shape index (κ3) is 5.29. The van der Waals surface area contributed by atoms with Gasteiger partial charge in [-0.3, -0.25) is 9.78 Å². The zero-order valence-electron chi connectivity index (χ0n) is 14.6. The van der Waals surface area contributed by atoms with E-state index >= 15 is 0 Å². The van der Waals surface area contributed by atoms with Gasteiger partial charge in [0.2, 0.25) is 0 Å². The Morgan fingerprint density at radius 1 is 1.24 bits per heavy atom. The maximum Gasteiger partial charge on any atom is 0.260 e. The minimum atomic E-state index is -0.00319. The van der Waals surface area contributed by atoms with Crippen LogP contribution in [0.25, 0.3) is 0 Å². The second-order valence-electron chi connectivity index (χ2n) is 6.36. The van der Waals surface area contributed by atoms with Crippen LogP contribution in [0.1, 0.15) is 11.4 Å². The van der Waals surface area contributed by atoms with Crippen molar-refractivity contribution in [3.05, 3.63) is 59.9 Å². The topological polar surface area (TPSA) is 51.7 Å². The molecule has 3 rings (SSSR count). The molecule has 2 aromatic rings. The fraction of sp³-hybridized carbons (Fsp3) is 0.400. The van der Waals surface area contributed by atoms with Crippen molar-refractivity contribution in [1.29, 1.82) is 0 Å². The largest absolute Gasteiger partial charge is 0.484 e. The molecule has 2 heterocycles. The first kappa shape index (κ1) is 17.4. The number of pyridine rings is 1. The molecule has 0 N–H and O–H groups in total. The first-order valence-electron chi connectivity index (χ1n) is 8.66. The number of rotatable bonds is 5.